The molecule has 0 aromatic carbocycles. The van der Waals surface area contributed by atoms with Crippen molar-refractivity contribution in [1.82, 2.24) is 10.6 Å². The van der Waals surface area contributed by atoms with Gasteiger partial charge in [0.05, 0.1) is 6.54 Å². The Morgan fingerprint density at radius 2 is 2.22 bits per heavy atom. The van der Waals surface area contributed by atoms with Gasteiger partial charge in [0.1, 0.15) is 0 Å². The van der Waals surface area contributed by atoms with Gasteiger partial charge < -0.3 is 10.6 Å². The molecule has 1 heterocycles. The molecular formula is C5H6N2O2. The molecule has 4 heteroatoms. The van der Waals surface area contributed by atoms with Crippen LogP contribution in [0, 0.1) is 0 Å². The summed E-state index contributed by atoms with van der Waals surface area (Å²) < 4.78 is 0. The summed E-state index contributed by atoms with van der Waals surface area (Å²) in [6, 6.07) is 0. The first kappa shape index (κ1) is 5.81. The summed E-state index contributed by atoms with van der Waals surface area (Å²) in [4.78, 5) is 20.9. The Morgan fingerprint density at radius 1 is 1.44 bits per heavy atom. The maximum Gasteiger partial charge on any atom is 0.245 e. The minimum Gasteiger partial charge on any atom is -0.343 e. The second-order valence-corrected chi connectivity index (χ2v) is 1.62. The molecule has 0 unspecified atom stereocenters. The van der Waals surface area contributed by atoms with E-state index >= 15 is 0 Å². The zero-order chi connectivity index (χ0) is 6.69. The van der Waals surface area contributed by atoms with Gasteiger partial charge in [-0.1, -0.05) is 0 Å². The van der Waals surface area contributed by atoms with Gasteiger partial charge in [-0.3, -0.25) is 9.59 Å². The molecule has 0 fully saturated rings. The predicted octanol–water partition coefficient (Wildman–Crippen LogP) is -1.25. The van der Waals surface area contributed by atoms with Crippen molar-refractivity contribution >= 4 is 11.8 Å². The molecule has 1 rings (SSSR count). The third-order valence-corrected chi connectivity index (χ3v) is 0.902. The summed E-state index contributed by atoms with van der Waals surface area (Å²) in [6.45, 7) is 0.0613. The highest BCUT2D eigenvalue weighted by Gasteiger charge is 2.03. The highest BCUT2D eigenvalue weighted by atomic mass is 16.2. The molecule has 2 amide bonds. The van der Waals surface area contributed by atoms with Crippen LogP contribution < -0.4 is 10.6 Å². The van der Waals surface area contributed by atoms with Crippen LogP contribution >= 0.6 is 0 Å². The topological polar surface area (TPSA) is 58.2 Å². The molecule has 2 N–H and O–H groups in total. The van der Waals surface area contributed by atoms with Gasteiger partial charge in [-0.25, -0.2) is 0 Å². The summed E-state index contributed by atoms with van der Waals surface area (Å²) in [5, 5.41) is 4.73. The zero-order valence-corrected chi connectivity index (χ0v) is 4.68. The van der Waals surface area contributed by atoms with Crippen molar-refractivity contribution in [2.24, 2.45) is 0 Å². The van der Waals surface area contributed by atoms with Gasteiger partial charge in [-0.05, 0) is 0 Å². The van der Waals surface area contributed by atoms with Gasteiger partial charge >= 0.3 is 0 Å². The Balaban J connectivity index is 2.58. The number of carbonyl (C=O) groups is 2. The summed E-state index contributed by atoms with van der Waals surface area (Å²) in [6.07, 6.45) is 2.59. The van der Waals surface area contributed by atoms with Gasteiger partial charge in [0, 0.05) is 12.3 Å². The van der Waals surface area contributed by atoms with E-state index in [1.165, 1.54) is 12.3 Å². The van der Waals surface area contributed by atoms with Crippen LogP contribution in [-0.2, 0) is 9.59 Å². The molecule has 0 saturated heterocycles. The van der Waals surface area contributed by atoms with Crippen molar-refractivity contribution in [3.63, 3.8) is 0 Å². The average Bonchev–Trinajstić information content (AvgIpc) is 1.97. The molecular weight excluding hydrogens is 120 g/mol. The zero-order valence-electron chi connectivity index (χ0n) is 4.68. The van der Waals surface area contributed by atoms with Crippen molar-refractivity contribution in [3.8, 4) is 0 Å². The van der Waals surface area contributed by atoms with Crippen LogP contribution in [0.1, 0.15) is 0 Å². The molecule has 0 aromatic rings. The van der Waals surface area contributed by atoms with E-state index in [0.29, 0.717) is 0 Å². The fraction of sp³-hybridized carbons (Fsp3) is 0.200. The van der Waals surface area contributed by atoms with Crippen LogP contribution in [0.15, 0.2) is 12.3 Å². The number of carbonyl (C=O) groups excluding carboxylic acids is 2. The maximum atomic E-state index is 10.5. The summed E-state index contributed by atoms with van der Waals surface area (Å²) in [5.74, 6) is -0.439. The van der Waals surface area contributed by atoms with Crippen molar-refractivity contribution < 1.29 is 9.59 Å². The normalized spacial score (nSPS) is 18.2. The van der Waals surface area contributed by atoms with E-state index in [9.17, 15) is 9.59 Å². The monoisotopic (exact) mass is 126 g/mol. The lowest BCUT2D eigenvalue weighted by Gasteiger charge is -1.93. The number of rotatable bonds is 0. The Hall–Kier alpha value is -1.32. The maximum absolute atomic E-state index is 10.5. The number of nitrogens with one attached hydrogen (secondary N) is 2. The molecule has 0 radical (unpaired) electrons. The molecule has 1 aliphatic heterocycles. The molecule has 0 aliphatic carbocycles. The lowest BCUT2D eigenvalue weighted by atomic mass is 10.5. The quantitative estimate of drug-likeness (QED) is 0.426. The van der Waals surface area contributed by atoms with Crippen molar-refractivity contribution in [2.75, 3.05) is 6.54 Å². The number of amides is 2. The Labute approximate surface area is 51.9 Å². The third kappa shape index (κ3) is 1.56. The highest BCUT2D eigenvalue weighted by Crippen LogP contribution is 1.76. The highest BCUT2D eigenvalue weighted by molar-refractivity contribution is 5.93. The van der Waals surface area contributed by atoms with Crippen LogP contribution in [0.5, 0.6) is 0 Å². The molecule has 0 spiro atoms. The van der Waals surface area contributed by atoms with Crippen molar-refractivity contribution in [3.05, 3.63) is 12.3 Å². The second kappa shape index (κ2) is 2.30. The fourth-order valence-corrected chi connectivity index (χ4v) is 0.488. The molecule has 0 bridgehead atoms. The first-order valence-corrected chi connectivity index (χ1v) is 2.53. The Kier molecular flexibility index (Phi) is 1.48. The minimum absolute atomic E-state index is 0.0613. The Bertz CT molecular complexity index is 174. The van der Waals surface area contributed by atoms with Crippen LogP contribution in [0.3, 0.4) is 0 Å². The van der Waals surface area contributed by atoms with E-state index in [2.05, 4.69) is 10.6 Å². The standard InChI is InChI=1S/C5H6N2O2/c8-4-1-2-6-5(9)3-7-4/h1-2H,3H2,(H,6,9)(H,7,8). The first-order valence-electron chi connectivity index (χ1n) is 2.53. The smallest absolute Gasteiger partial charge is 0.245 e. The van der Waals surface area contributed by atoms with Crippen molar-refractivity contribution in [2.45, 2.75) is 0 Å². The van der Waals surface area contributed by atoms with Gasteiger partial charge in [-0.15, -0.1) is 0 Å². The fourth-order valence-electron chi connectivity index (χ4n) is 0.488. The molecule has 1 aliphatic rings. The minimum atomic E-state index is -0.242. The van der Waals surface area contributed by atoms with Gasteiger partial charge in [0.25, 0.3) is 0 Å². The third-order valence-electron chi connectivity index (χ3n) is 0.902. The van der Waals surface area contributed by atoms with E-state index in [0.717, 1.165) is 0 Å². The summed E-state index contributed by atoms with van der Waals surface area (Å²) >= 11 is 0. The molecule has 4 nitrogen and oxygen atoms in total. The van der Waals surface area contributed by atoms with Gasteiger partial charge in [0.15, 0.2) is 0 Å². The largest absolute Gasteiger partial charge is 0.343 e. The number of hydrogen-bond donors (Lipinski definition) is 2. The van der Waals surface area contributed by atoms with Crippen LogP contribution in [-0.4, -0.2) is 18.4 Å². The lowest BCUT2D eigenvalue weighted by Crippen LogP contribution is -2.30. The molecule has 0 aromatic heterocycles. The molecule has 0 saturated carbocycles. The summed E-state index contributed by atoms with van der Waals surface area (Å²) in [5.41, 5.74) is 0. The first-order chi connectivity index (χ1) is 4.29. The van der Waals surface area contributed by atoms with Gasteiger partial charge in [0.2, 0.25) is 11.8 Å². The van der Waals surface area contributed by atoms with E-state index in [-0.39, 0.29) is 18.4 Å². The van der Waals surface area contributed by atoms with E-state index in [1.807, 2.05) is 0 Å². The average molecular weight is 126 g/mol. The summed E-state index contributed by atoms with van der Waals surface area (Å²) in [7, 11) is 0. The van der Waals surface area contributed by atoms with E-state index in [4.69, 9.17) is 0 Å². The lowest BCUT2D eigenvalue weighted by molar-refractivity contribution is -0.122. The van der Waals surface area contributed by atoms with Crippen LogP contribution in [0.4, 0.5) is 0 Å². The number of hydrogen-bond acceptors (Lipinski definition) is 2. The second-order valence-electron chi connectivity index (χ2n) is 1.62. The predicted molar refractivity (Wildman–Crippen MR) is 30.3 cm³/mol. The van der Waals surface area contributed by atoms with Crippen LogP contribution in [0.25, 0.3) is 0 Å². The molecule has 0 atom stereocenters. The van der Waals surface area contributed by atoms with E-state index in [1.54, 1.807) is 0 Å². The van der Waals surface area contributed by atoms with Crippen molar-refractivity contribution in [1.29, 1.82) is 0 Å². The van der Waals surface area contributed by atoms with E-state index < -0.39 is 0 Å². The van der Waals surface area contributed by atoms with Gasteiger partial charge in [-0.2, -0.15) is 0 Å². The van der Waals surface area contributed by atoms with Crippen LogP contribution in [0.2, 0.25) is 0 Å². The molecule has 48 valence electrons. The molecule has 9 heavy (non-hydrogen) atoms. The Morgan fingerprint density at radius 3 is 3.00 bits per heavy atom. The SMILES string of the molecule is O=C1C=CNC(=O)CN1.